The summed E-state index contributed by atoms with van der Waals surface area (Å²) in [7, 11) is 0. The lowest BCUT2D eigenvalue weighted by Gasteiger charge is -2.28. The molecule has 1 saturated heterocycles. The highest BCUT2D eigenvalue weighted by Crippen LogP contribution is 2.30. The number of hydrogen-bond acceptors (Lipinski definition) is 6. The molecule has 0 radical (unpaired) electrons. The maximum atomic E-state index is 5.53. The fourth-order valence-electron chi connectivity index (χ4n) is 3.24. The summed E-state index contributed by atoms with van der Waals surface area (Å²) < 4.78 is 7.53. The number of thiophene rings is 1. The summed E-state index contributed by atoms with van der Waals surface area (Å²) in [5.74, 6) is 1.38. The van der Waals surface area contributed by atoms with Crippen LogP contribution in [0.15, 0.2) is 40.5 Å². The molecule has 0 bridgehead atoms. The molecular weight excluding hydrogens is 310 g/mol. The van der Waals surface area contributed by atoms with Crippen molar-refractivity contribution in [1.29, 1.82) is 0 Å². The van der Waals surface area contributed by atoms with Gasteiger partial charge in [0.15, 0.2) is 0 Å². The molecule has 3 aromatic heterocycles. The normalized spacial score (nSPS) is 20.1. The van der Waals surface area contributed by atoms with Crippen molar-refractivity contribution in [3.63, 3.8) is 0 Å². The number of likely N-dealkylation sites (tertiary alicyclic amines) is 1. The standard InChI is InChI=1S/C16H19N5OS/c1-12(16-18-15(19-22-16)14-6-3-10-23-14)21-9-2-5-13(21)11-20-8-4-7-17-20/h3-4,6-8,10,12-13H,2,5,9,11H2,1H3/t12-,13-/m1/s1. The van der Waals surface area contributed by atoms with Crippen molar-refractivity contribution in [2.45, 2.75) is 38.4 Å². The molecule has 7 heteroatoms. The van der Waals surface area contributed by atoms with E-state index in [4.69, 9.17) is 4.52 Å². The van der Waals surface area contributed by atoms with Gasteiger partial charge in [-0.1, -0.05) is 11.2 Å². The van der Waals surface area contributed by atoms with Crippen LogP contribution in [0.25, 0.3) is 10.7 Å². The molecule has 0 unspecified atom stereocenters. The molecule has 0 amide bonds. The van der Waals surface area contributed by atoms with Crippen LogP contribution >= 0.6 is 11.3 Å². The molecule has 0 spiro atoms. The van der Waals surface area contributed by atoms with Crippen molar-refractivity contribution in [3.8, 4) is 10.7 Å². The van der Waals surface area contributed by atoms with Crippen molar-refractivity contribution in [3.05, 3.63) is 41.9 Å². The highest BCUT2D eigenvalue weighted by Gasteiger charge is 2.32. The third-order valence-electron chi connectivity index (χ3n) is 4.42. The molecule has 6 nitrogen and oxygen atoms in total. The van der Waals surface area contributed by atoms with Gasteiger partial charge in [0.05, 0.1) is 17.5 Å². The third kappa shape index (κ3) is 2.94. The number of hydrogen-bond donors (Lipinski definition) is 0. The molecule has 23 heavy (non-hydrogen) atoms. The zero-order valence-electron chi connectivity index (χ0n) is 13.0. The fourth-order valence-corrected chi connectivity index (χ4v) is 3.89. The van der Waals surface area contributed by atoms with Crippen molar-refractivity contribution in [2.24, 2.45) is 0 Å². The minimum atomic E-state index is 0.124. The number of nitrogens with zero attached hydrogens (tertiary/aromatic N) is 5. The average Bonchev–Trinajstić information content (AvgIpc) is 3.33. The fraction of sp³-hybridized carbons (Fsp3) is 0.438. The highest BCUT2D eigenvalue weighted by atomic mass is 32.1. The van der Waals surface area contributed by atoms with E-state index in [-0.39, 0.29) is 6.04 Å². The first kappa shape index (κ1) is 14.6. The van der Waals surface area contributed by atoms with Gasteiger partial charge in [0.2, 0.25) is 11.7 Å². The second-order valence-electron chi connectivity index (χ2n) is 5.87. The lowest BCUT2D eigenvalue weighted by Crippen LogP contribution is -2.35. The Bertz CT molecular complexity index is 736. The summed E-state index contributed by atoms with van der Waals surface area (Å²) in [6.45, 7) is 4.11. The van der Waals surface area contributed by atoms with Gasteiger partial charge in [0, 0.05) is 18.4 Å². The van der Waals surface area contributed by atoms with Gasteiger partial charge in [-0.15, -0.1) is 11.3 Å². The molecule has 4 rings (SSSR count). The molecule has 3 aromatic rings. The summed E-state index contributed by atoms with van der Waals surface area (Å²) >= 11 is 1.63. The van der Waals surface area contributed by atoms with Gasteiger partial charge in [-0.3, -0.25) is 9.58 Å². The van der Waals surface area contributed by atoms with Gasteiger partial charge < -0.3 is 4.52 Å². The van der Waals surface area contributed by atoms with Gasteiger partial charge >= 0.3 is 0 Å². The summed E-state index contributed by atoms with van der Waals surface area (Å²) in [5, 5.41) is 10.5. The van der Waals surface area contributed by atoms with Crippen LogP contribution in [0.4, 0.5) is 0 Å². The van der Waals surface area contributed by atoms with Crippen LogP contribution in [0.5, 0.6) is 0 Å². The maximum Gasteiger partial charge on any atom is 0.244 e. The topological polar surface area (TPSA) is 60.0 Å². The average molecular weight is 329 g/mol. The van der Waals surface area contributed by atoms with Crippen molar-refractivity contribution < 1.29 is 4.52 Å². The van der Waals surface area contributed by atoms with Gasteiger partial charge in [-0.2, -0.15) is 10.1 Å². The first-order valence-corrected chi connectivity index (χ1v) is 8.80. The zero-order chi connectivity index (χ0) is 15.6. The molecular formula is C16H19N5OS. The predicted octanol–water partition coefficient (Wildman–Crippen LogP) is 3.22. The van der Waals surface area contributed by atoms with Crippen LogP contribution in [0.2, 0.25) is 0 Å². The van der Waals surface area contributed by atoms with E-state index in [0.29, 0.717) is 17.8 Å². The summed E-state index contributed by atoms with van der Waals surface area (Å²) in [6, 6.07) is 6.57. The minimum Gasteiger partial charge on any atom is -0.337 e. The van der Waals surface area contributed by atoms with Crippen LogP contribution in [0.1, 0.15) is 31.7 Å². The number of aromatic nitrogens is 4. The van der Waals surface area contributed by atoms with E-state index in [0.717, 1.165) is 18.0 Å². The highest BCUT2D eigenvalue weighted by molar-refractivity contribution is 7.13. The van der Waals surface area contributed by atoms with Gasteiger partial charge in [0.1, 0.15) is 0 Å². The van der Waals surface area contributed by atoms with Crippen LogP contribution in [0.3, 0.4) is 0 Å². The minimum absolute atomic E-state index is 0.124. The molecule has 0 aromatic carbocycles. The van der Waals surface area contributed by atoms with E-state index in [1.54, 1.807) is 11.3 Å². The summed E-state index contributed by atoms with van der Waals surface area (Å²) in [5.41, 5.74) is 0. The van der Waals surface area contributed by atoms with Crippen LogP contribution < -0.4 is 0 Å². The second-order valence-corrected chi connectivity index (χ2v) is 6.82. The molecule has 4 heterocycles. The Morgan fingerprint density at radius 1 is 1.43 bits per heavy atom. The van der Waals surface area contributed by atoms with Gasteiger partial charge in [0.25, 0.3) is 0 Å². The summed E-state index contributed by atoms with van der Waals surface area (Å²) in [6.07, 6.45) is 6.22. The lowest BCUT2D eigenvalue weighted by molar-refractivity contribution is 0.144. The smallest absolute Gasteiger partial charge is 0.244 e. The molecule has 1 aliphatic heterocycles. The monoisotopic (exact) mass is 329 g/mol. The predicted molar refractivity (Wildman–Crippen MR) is 88.0 cm³/mol. The molecule has 1 fully saturated rings. The Balaban J connectivity index is 1.50. The number of rotatable bonds is 5. The van der Waals surface area contributed by atoms with E-state index in [9.17, 15) is 0 Å². The Morgan fingerprint density at radius 3 is 3.17 bits per heavy atom. The Labute approximate surface area is 138 Å². The van der Waals surface area contributed by atoms with Crippen molar-refractivity contribution in [2.75, 3.05) is 6.54 Å². The molecule has 0 N–H and O–H groups in total. The Morgan fingerprint density at radius 2 is 2.39 bits per heavy atom. The van der Waals surface area contributed by atoms with Crippen molar-refractivity contribution in [1.82, 2.24) is 24.8 Å². The van der Waals surface area contributed by atoms with E-state index in [2.05, 4.69) is 27.1 Å². The second kappa shape index (κ2) is 6.25. The largest absolute Gasteiger partial charge is 0.337 e. The first-order chi connectivity index (χ1) is 11.3. The Kier molecular flexibility index (Phi) is 3.97. The van der Waals surface area contributed by atoms with Gasteiger partial charge in [-0.25, -0.2) is 0 Å². The molecule has 120 valence electrons. The molecule has 1 aliphatic rings. The quantitative estimate of drug-likeness (QED) is 0.719. The Hall–Kier alpha value is -1.99. The molecule has 0 aliphatic carbocycles. The van der Waals surface area contributed by atoms with Crippen LogP contribution in [-0.4, -0.2) is 37.4 Å². The van der Waals surface area contributed by atoms with Crippen LogP contribution in [0, 0.1) is 0 Å². The lowest BCUT2D eigenvalue weighted by atomic mass is 10.2. The maximum absolute atomic E-state index is 5.53. The summed E-state index contributed by atoms with van der Waals surface area (Å²) in [4.78, 5) is 8.09. The molecule has 2 atom stereocenters. The van der Waals surface area contributed by atoms with Crippen LogP contribution in [-0.2, 0) is 6.54 Å². The van der Waals surface area contributed by atoms with E-state index in [1.165, 1.54) is 12.8 Å². The van der Waals surface area contributed by atoms with Crippen molar-refractivity contribution >= 4 is 11.3 Å². The van der Waals surface area contributed by atoms with E-state index >= 15 is 0 Å². The van der Waals surface area contributed by atoms with Gasteiger partial charge in [-0.05, 0) is 43.8 Å². The first-order valence-electron chi connectivity index (χ1n) is 7.92. The zero-order valence-corrected chi connectivity index (χ0v) is 13.8. The third-order valence-corrected chi connectivity index (χ3v) is 5.28. The SMILES string of the molecule is C[C@H](c1nc(-c2cccs2)no1)N1CCC[C@@H]1Cn1cccn1. The van der Waals surface area contributed by atoms with E-state index < -0.39 is 0 Å². The van der Waals surface area contributed by atoms with E-state index in [1.807, 2.05) is 40.7 Å². The molecule has 0 saturated carbocycles.